The summed E-state index contributed by atoms with van der Waals surface area (Å²) in [5.41, 5.74) is 2.66. The molecular weight excluding hydrogens is 172 g/mol. The first-order valence-corrected chi connectivity index (χ1v) is 5.14. The maximum atomic E-state index is 7.85. The Balaban J connectivity index is 3.02. The minimum Gasteiger partial charge on any atom is -0.305 e. The molecule has 0 radical (unpaired) electrons. The number of allylic oxidation sites excluding steroid dienone is 3. The molecule has 0 bridgehead atoms. The summed E-state index contributed by atoms with van der Waals surface area (Å²) < 4.78 is 0. The van der Waals surface area contributed by atoms with Crippen molar-refractivity contribution >= 4 is 11.4 Å². The van der Waals surface area contributed by atoms with E-state index in [1.807, 2.05) is 20.0 Å². The van der Waals surface area contributed by atoms with Crippen molar-refractivity contribution < 1.29 is 0 Å². The zero-order chi connectivity index (χ0) is 10.6. The van der Waals surface area contributed by atoms with E-state index in [0.29, 0.717) is 11.6 Å². The fourth-order valence-corrected chi connectivity index (χ4v) is 1.49. The van der Waals surface area contributed by atoms with Crippen molar-refractivity contribution in [1.29, 1.82) is 5.41 Å². The molecule has 0 aromatic heterocycles. The molecule has 2 nitrogen and oxygen atoms in total. The van der Waals surface area contributed by atoms with Crippen molar-refractivity contribution in [2.45, 2.75) is 33.6 Å². The molecule has 0 saturated carbocycles. The summed E-state index contributed by atoms with van der Waals surface area (Å²) in [4.78, 5) is 4.30. The molecule has 0 fully saturated rings. The van der Waals surface area contributed by atoms with Gasteiger partial charge in [0.2, 0.25) is 0 Å². The van der Waals surface area contributed by atoms with Gasteiger partial charge in [-0.3, -0.25) is 4.99 Å². The van der Waals surface area contributed by atoms with E-state index in [1.54, 1.807) is 0 Å². The van der Waals surface area contributed by atoms with Crippen molar-refractivity contribution in [2.75, 3.05) is 0 Å². The summed E-state index contributed by atoms with van der Waals surface area (Å²) in [6, 6.07) is 0. The molecule has 1 rings (SSSR count). The predicted molar refractivity (Wildman–Crippen MR) is 62.1 cm³/mol. The van der Waals surface area contributed by atoms with Crippen LogP contribution in [0.1, 0.15) is 33.6 Å². The van der Waals surface area contributed by atoms with E-state index in [2.05, 4.69) is 24.1 Å². The van der Waals surface area contributed by atoms with Gasteiger partial charge in [-0.1, -0.05) is 26.0 Å². The van der Waals surface area contributed by atoms with Gasteiger partial charge in [0, 0.05) is 23.2 Å². The van der Waals surface area contributed by atoms with E-state index in [-0.39, 0.29) is 0 Å². The zero-order valence-electron chi connectivity index (χ0n) is 9.17. The Bertz CT molecular complexity index is 308. The number of hydrogen-bond donors (Lipinski definition) is 1. The largest absolute Gasteiger partial charge is 0.305 e. The van der Waals surface area contributed by atoms with Crippen LogP contribution in [-0.2, 0) is 0 Å². The standard InChI is InChI=1S/C12H18N2/c1-4-12(13)11-8-9(2)6-5-7-14-10(11)3/h5,7-9,13H,4,6H2,1-3H3/b7-5+,11-8?,13-12?,14-10?. The lowest BCUT2D eigenvalue weighted by Gasteiger charge is -2.12. The molecule has 1 aliphatic rings. The topological polar surface area (TPSA) is 36.2 Å². The van der Waals surface area contributed by atoms with E-state index in [1.165, 1.54) is 0 Å². The number of nitrogens with zero attached hydrogens (tertiary/aromatic N) is 1. The minimum absolute atomic E-state index is 0.499. The minimum atomic E-state index is 0.499. The van der Waals surface area contributed by atoms with Crippen LogP contribution in [-0.4, -0.2) is 11.4 Å². The highest BCUT2D eigenvalue weighted by Crippen LogP contribution is 2.14. The third-order valence-corrected chi connectivity index (χ3v) is 2.40. The Morgan fingerprint density at radius 2 is 2.36 bits per heavy atom. The highest BCUT2D eigenvalue weighted by molar-refractivity contribution is 6.22. The number of rotatable bonds is 2. The molecule has 0 aromatic carbocycles. The molecule has 14 heavy (non-hydrogen) atoms. The Kier molecular flexibility index (Phi) is 3.81. The van der Waals surface area contributed by atoms with E-state index in [9.17, 15) is 0 Å². The summed E-state index contributed by atoms with van der Waals surface area (Å²) in [6.07, 6.45) is 7.87. The smallest absolute Gasteiger partial charge is 0.0459 e. The Hall–Kier alpha value is -1.18. The predicted octanol–water partition coefficient (Wildman–Crippen LogP) is 3.36. The normalized spacial score (nSPS) is 24.4. The highest BCUT2D eigenvalue weighted by atomic mass is 14.7. The van der Waals surface area contributed by atoms with Crippen LogP contribution in [0.5, 0.6) is 0 Å². The molecule has 0 spiro atoms. The Morgan fingerprint density at radius 1 is 1.64 bits per heavy atom. The monoisotopic (exact) mass is 190 g/mol. The molecule has 1 N–H and O–H groups in total. The second-order valence-electron chi connectivity index (χ2n) is 3.72. The average molecular weight is 190 g/mol. The molecule has 1 atom stereocenters. The third kappa shape index (κ3) is 2.66. The van der Waals surface area contributed by atoms with Crippen LogP contribution in [0.15, 0.2) is 28.9 Å². The fraction of sp³-hybridized carbons (Fsp3) is 0.500. The SMILES string of the molecule is CCC(=N)C1=CC(C)C/C=C/N=C1C. The van der Waals surface area contributed by atoms with Crippen molar-refractivity contribution in [3.63, 3.8) is 0 Å². The summed E-state index contributed by atoms with van der Waals surface area (Å²) in [5.74, 6) is 0.499. The van der Waals surface area contributed by atoms with E-state index in [0.717, 1.165) is 24.1 Å². The van der Waals surface area contributed by atoms with Crippen molar-refractivity contribution in [2.24, 2.45) is 10.9 Å². The Morgan fingerprint density at radius 3 is 3.00 bits per heavy atom. The second kappa shape index (κ2) is 4.89. The molecule has 1 aliphatic heterocycles. The first-order chi connectivity index (χ1) is 6.65. The summed E-state index contributed by atoms with van der Waals surface area (Å²) in [5, 5.41) is 7.85. The summed E-state index contributed by atoms with van der Waals surface area (Å²) >= 11 is 0. The lowest BCUT2D eigenvalue weighted by Crippen LogP contribution is -2.11. The van der Waals surface area contributed by atoms with Gasteiger partial charge < -0.3 is 5.41 Å². The maximum absolute atomic E-state index is 7.85. The van der Waals surface area contributed by atoms with Crippen LogP contribution in [0, 0.1) is 11.3 Å². The maximum Gasteiger partial charge on any atom is 0.0459 e. The van der Waals surface area contributed by atoms with Crippen LogP contribution in [0.2, 0.25) is 0 Å². The van der Waals surface area contributed by atoms with Crippen LogP contribution < -0.4 is 0 Å². The van der Waals surface area contributed by atoms with Gasteiger partial charge in [0.1, 0.15) is 0 Å². The lowest BCUT2D eigenvalue weighted by atomic mass is 9.96. The molecule has 0 aliphatic carbocycles. The van der Waals surface area contributed by atoms with Gasteiger partial charge >= 0.3 is 0 Å². The van der Waals surface area contributed by atoms with Crippen molar-refractivity contribution in [3.05, 3.63) is 23.9 Å². The molecule has 2 heteroatoms. The molecule has 0 aromatic rings. The van der Waals surface area contributed by atoms with E-state index >= 15 is 0 Å². The highest BCUT2D eigenvalue weighted by Gasteiger charge is 2.09. The van der Waals surface area contributed by atoms with Crippen LogP contribution >= 0.6 is 0 Å². The van der Waals surface area contributed by atoms with Crippen molar-refractivity contribution in [1.82, 2.24) is 0 Å². The van der Waals surface area contributed by atoms with Gasteiger partial charge in [0.15, 0.2) is 0 Å². The van der Waals surface area contributed by atoms with E-state index in [4.69, 9.17) is 5.41 Å². The first kappa shape index (κ1) is 10.9. The van der Waals surface area contributed by atoms with Crippen LogP contribution in [0.3, 0.4) is 0 Å². The molecule has 76 valence electrons. The van der Waals surface area contributed by atoms with E-state index < -0.39 is 0 Å². The fourth-order valence-electron chi connectivity index (χ4n) is 1.49. The van der Waals surface area contributed by atoms with Gasteiger partial charge in [-0.05, 0) is 25.7 Å². The zero-order valence-corrected chi connectivity index (χ0v) is 9.17. The van der Waals surface area contributed by atoms with Gasteiger partial charge in [-0.25, -0.2) is 0 Å². The molecule has 0 amide bonds. The van der Waals surface area contributed by atoms with Crippen LogP contribution in [0.25, 0.3) is 0 Å². The van der Waals surface area contributed by atoms with Gasteiger partial charge in [-0.2, -0.15) is 0 Å². The van der Waals surface area contributed by atoms with Crippen LogP contribution in [0.4, 0.5) is 0 Å². The molecule has 1 unspecified atom stereocenters. The molecule has 0 saturated heterocycles. The summed E-state index contributed by atoms with van der Waals surface area (Å²) in [7, 11) is 0. The first-order valence-electron chi connectivity index (χ1n) is 5.14. The number of nitrogens with one attached hydrogen (secondary N) is 1. The quantitative estimate of drug-likeness (QED) is 0.648. The van der Waals surface area contributed by atoms with Gasteiger partial charge in [-0.15, -0.1) is 0 Å². The van der Waals surface area contributed by atoms with Crippen molar-refractivity contribution in [3.8, 4) is 0 Å². The summed E-state index contributed by atoms with van der Waals surface area (Å²) in [6.45, 7) is 6.15. The van der Waals surface area contributed by atoms with Gasteiger partial charge in [0.25, 0.3) is 0 Å². The second-order valence-corrected chi connectivity index (χ2v) is 3.72. The molecular formula is C12H18N2. The number of aliphatic imine (C=N–C) groups is 1. The average Bonchev–Trinajstić information content (AvgIpc) is 2.17. The Labute approximate surface area is 85.9 Å². The third-order valence-electron chi connectivity index (χ3n) is 2.40. The lowest BCUT2D eigenvalue weighted by molar-refractivity contribution is 0.740. The molecule has 1 heterocycles. The van der Waals surface area contributed by atoms with Gasteiger partial charge in [0.05, 0.1) is 0 Å². The number of hydrogen-bond acceptors (Lipinski definition) is 2.